The molecule has 2 aromatic rings. The van der Waals surface area contributed by atoms with Gasteiger partial charge in [-0.3, -0.25) is 14.6 Å². The van der Waals surface area contributed by atoms with E-state index >= 15 is 0 Å². The lowest BCUT2D eigenvalue weighted by atomic mass is 10.2. The highest BCUT2D eigenvalue weighted by molar-refractivity contribution is 5.11. The van der Waals surface area contributed by atoms with Gasteiger partial charge in [0.05, 0.1) is 6.54 Å². The first-order valence-corrected chi connectivity index (χ1v) is 8.99. The molecule has 2 fully saturated rings. The van der Waals surface area contributed by atoms with Crippen LogP contribution in [0.4, 0.5) is 0 Å². The van der Waals surface area contributed by atoms with Gasteiger partial charge >= 0.3 is 0 Å². The molecule has 1 saturated heterocycles. The molecule has 0 radical (unpaired) electrons. The number of aryl methyl sites for hydroxylation is 1. The number of nitrogens with zero attached hydrogens (tertiary/aromatic N) is 5. The maximum absolute atomic E-state index is 11.8. The molecule has 3 heterocycles. The minimum atomic E-state index is 0.0499. The maximum Gasteiger partial charge on any atom is 0.250 e. The lowest BCUT2D eigenvalue weighted by Crippen LogP contribution is -2.34. The van der Waals surface area contributed by atoms with E-state index in [4.69, 9.17) is 4.52 Å². The SMILES string of the molecule is CN(Cc1noc(C2CC2)n1)[C@@H]1CCN(Cc2ccn(C)c(=O)c2)C1. The number of pyridine rings is 1. The van der Waals surface area contributed by atoms with Gasteiger partial charge in [0.25, 0.3) is 5.56 Å². The summed E-state index contributed by atoms with van der Waals surface area (Å²) in [7, 11) is 3.90. The minimum absolute atomic E-state index is 0.0499. The van der Waals surface area contributed by atoms with Gasteiger partial charge in [0.1, 0.15) is 0 Å². The van der Waals surface area contributed by atoms with E-state index in [0.29, 0.717) is 12.0 Å². The van der Waals surface area contributed by atoms with Gasteiger partial charge in [-0.15, -0.1) is 0 Å². The molecule has 0 N–H and O–H groups in total. The summed E-state index contributed by atoms with van der Waals surface area (Å²) in [5.74, 6) is 2.10. The maximum atomic E-state index is 11.8. The summed E-state index contributed by atoms with van der Waals surface area (Å²) in [5, 5.41) is 4.12. The van der Waals surface area contributed by atoms with Crippen molar-refractivity contribution in [1.29, 1.82) is 0 Å². The smallest absolute Gasteiger partial charge is 0.250 e. The zero-order chi connectivity index (χ0) is 17.4. The van der Waals surface area contributed by atoms with Crippen LogP contribution in [0.3, 0.4) is 0 Å². The first kappa shape index (κ1) is 16.5. The van der Waals surface area contributed by atoms with Gasteiger partial charge in [0, 0.05) is 50.9 Å². The van der Waals surface area contributed by atoms with E-state index in [-0.39, 0.29) is 5.56 Å². The quantitative estimate of drug-likeness (QED) is 0.789. The topological polar surface area (TPSA) is 67.4 Å². The fourth-order valence-electron chi connectivity index (χ4n) is 3.44. The van der Waals surface area contributed by atoms with Crippen molar-refractivity contribution in [3.8, 4) is 0 Å². The Morgan fingerprint density at radius 3 is 2.96 bits per heavy atom. The van der Waals surface area contributed by atoms with Gasteiger partial charge in [-0.2, -0.15) is 4.98 Å². The average Bonchev–Trinajstić information content (AvgIpc) is 3.15. The molecule has 0 amide bonds. The van der Waals surface area contributed by atoms with Crippen LogP contribution in [-0.2, 0) is 20.1 Å². The summed E-state index contributed by atoms with van der Waals surface area (Å²) in [4.78, 5) is 21.0. The third kappa shape index (κ3) is 3.82. The molecule has 1 aliphatic carbocycles. The molecular weight excluding hydrogens is 318 g/mol. The standard InChI is InChI=1S/C18H25N5O2/c1-21-7-5-13(9-17(21)24)10-23-8-6-15(11-23)22(2)12-16-19-18(25-20-16)14-3-4-14/h5,7,9,14-15H,3-4,6,8,10-12H2,1-2H3/t15-/m1/s1. The largest absolute Gasteiger partial charge is 0.339 e. The Balaban J connectivity index is 1.31. The van der Waals surface area contributed by atoms with Crippen molar-refractivity contribution in [3.05, 3.63) is 46.0 Å². The molecule has 25 heavy (non-hydrogen) atoms. The summed E-state index contributed by atoms with van der Waals surface area (Å²) in [6, 6.07) is 4.24. The molecule has 0 unspecified atom stereocenters. The van der Waals surface area contributed by atoms with Gasteiger partial charge in [0.2, 0.25) is 5.89 Å². The molecule has 0 spiro atoms. The number of hydrogen-bond donors (Lipinski definition) is 0. The lowest BCUT2D eigenvalue weighted by molar-refractivity contribution is 0.216. The molecule has 0 bridgehead atoms. The van der Waals surface area contributed by atoms with Crippen LogP contribution >= 0.6 is 0 Å². The minimum Gasteiger partial charge on any atom is -0.339 e. The van der Waals surface area contributed by atoms with Gasteiger partial charge in [-0.25, -0.2) is 0 Å². The zero-order valence-corrected chi connectivity index (χ0v) is 14.9. The summed E-state index contributed by atoms with van der Waals surface area (Å²) in [6.07, 6.45) is 5.31. The predicted octanol–water partition coefficient (Wildman–Crippen LogP) is 1.35. The third-order valence-electron chi connectivity index (χ3n) is 5.25. The second kappa shape index (κ2) is 6.72. The van der Waals surface area contributed by atoms with Gasteiger partial charge in [-0.05, 0) is 37.9 Å². The zero-order valence-electron chi connectivity index (χ0n) is 14.9. The van der Waals surface area contributed by atoms with E-state index in [1.807, 2.05) is 12.3 Å². The van der Waals surface area contributed by atoms with E-state index in [9.17, 15) is 4.79 Å². The van der Waals surface area contributed by atoms with E-state index < -0.39 is 0 Å². The molecule has 1 atom stereocenters. The van der Waals surface area contributed by atoms with Crippen LogP contribution < -0.4 is 5.56 Å². The van der Waals surface area contributed by atoms with E-state index in [0.717, 1.165) is 49.9 Å². The molecule has 4 rings (SSSR count). The summed E-state index contributed by atoms with van der Waals surface area (Å²) >= 11 is 0. The second-order valence-corrected chi connectivity index (χ2v) is 7.40. The van der Waals surface area contributed by atoms with E-state index in [1.165, 1.54) is 12.8 Å². The second-order valence-electron chi connectivity index (χ2n) is 7.40. The highest BCUT2D eigenvalue weighted by Crippen LogP contribution is 2.38. The molecule has 1 saturated carbocycles. The van der Waals surface area contributed by atoms with Crippen molar-refractivity contribution in [2.45, 2.75) is 44.3 Å². The first-order chi connectivity index (χ1) is 12.1. The lowest BCUT2D eigenvalue weighted by Gasteiger charge is -2.23. The molecule has 2 aliphatic rings. The van der Waals surface area contributed by atoms with Crippen LogP contribution in [-0.4, -0.2) is 50.7 Å². The highest BCUT2D eigenvalue weighted by Gasteiger charge is 2.31. The fourth-order valence-corrected chi connectivity index (χ4v) is 3.44. The number of likely N-dealkylation sites (tertiary alicyclic amines) is 1. The number of aromatic nitrogens is 3. The van der Waals surface area contributed by atoms with Crippen molar-refractivity contribution in [2.75, 3.05) is 20.1 Å². The Morgan fingerprint density at radius 1 is 1.36 bits per heavy atom. The van der Waals surface area contributed by atoms with Crippen molar-refractivity contribution < 1.29 is 4.52 Å². The Morgan fingerprint density at radius 2 is 2.20 bits per heavy atom. The normalized spacial score (nSPS) is 21.3. The van der Waals surface area contributed by atoms with Crippen LogP contribution in [0.15, 0.2) is 27.6 Å². The summed E-state index contributed by atoms with van der Waals surface area (Å²) in [6.45, 7) is 3.60. The van der Waals surface area contributed by atoms with Crippen molar-refractivity contribution in [2.24, 2.45) is 7.05 Å². The Hall–Kier alpha value is -1.99. The van der Waals surface area contributed by atoms with Crippen LogP contribution in [0.25, 0.3) is 0 Å². The summed E-state index contributed by atoms with van der Waals surface area (Å²) < 4.78 is 6.95. The highest BCUT2D eigenvalue weighted by atomic mass is 16.5. The van der Waals surface area contributed by atoms with Crippen molar-refractivity contribution in [1.82, 2.24) is 24.5 Å². The molecular formula is C18H25N5O2. The number of likely N-dealkylation sites (N-methyl/N-ethyl adjacent to an activating group) is 1. The van der Waals surface area contributed by atoms with Gasteiger partial charge < -0.3 is 9.09 Å². The van der Waals surface area contributed by atoms with E-state index in [2.05, 4.69) is 27.0 Å². The Kier molecular flexibility index (Phi) is 4.43. The van der Waals surface area contributed by atoms with E-state index in [1.54, 1.807) is 17.7 Å². The molecule has 2 aromatic heterocycles. The fraction of sp³-hybridized carbons (Fsp3) is 0.611. The van der Waals surface area contributed by atoms with Crippen LogP contribution in [0.1, 0.15) is 42.5 Å². The van der Waals surface area contributed by atoms with Crippen molar-refractivity contribution in [3.63, 3.8) is 0 Å². The van der Waals surface area contributed by atoms with Crippen LogP contribution in [0.5, 0.6) is 0 Å². The Bertz CT molecular complexity index is 795. The number of hydrogen-bond acceptors (Lipinski definition) is 6. The monoisotopic (exact) mass is 343 g/mol. The third-order valence-corrected chi connectivity index (χ3v) is 5.25. The number of rotatable bonds is 6. The van der Waals surface area contributed by atoms with Crippen LogP contribution in [0, 0.1) is 0 Å². The Labute approximate surface area is 147 Å². The van der Waals surface area contributed by atoms with Crippen LogP contribution in [0.2, 0.25) is 0 Å². The predicted molar refractivity (Wildman–Crippen MR) is 93.1 cm³/mol. The van der Waals surface area contributed by atoms with Gasteiger partial charge in [0.15, 0.2) is 5.82 Å². The van der Waals surface area contributed by atoms with Crippen molar-refractivity contribution >= 4 is 0 Å². The molecule has 7 nitrogen and oxygen atoms in total. The van der Waals surface area contributed by atoms with Gasteiger partial charge in [-0.1, -0.05) is 5.16 Å². The molecule has 7 heteroatoms. The summed E-state index contributed by atoms with van der Waals surface area (Å²) in [5.41, 5.74) is 1.13. The average molecular weight is 343 g/mol. The molecule has 134 valence electrons. The molecule has 0 aromatic carbocycles. The first-order valence-electron chi connectivity index (χ1n) is 8.99. The molecule has 1 aliphatic heterocycles.